The minimum atomic E-state index is -0.245. The number of nitrogens with zero attached hydrogens (tertiary/aromatic N) is 5. The van der Waals surface area contributed by atoms with Crippen molar-refractivity contribution in [3.63, 3.8) is 0 Å². The van der Waals surface area contributed by atoms with Crippen molar-refractivity contribution in [1.29, 1.82) is 0 Å². The van der Waals surface area contributed by atoms with Crippen LogP contribution in [0.25, 0.3) is 15.3 Å². The summed E-state index contributed by atoms with van der Waals surface area (Å²) in [6.07, 6.45) is 0. The number of carbonyl (C=O) groups excluding carboxylic acids is 1. The summed E-state index contributed by atoms with van der Waals surface area (Å²) < 4.78 is 6.56. The van der Waals surface area contributed by atoms with E-state index in [0.717, 1.165) is 27.4 Å². The van der Waals surface area contributed by atoms with E-state index in [1.54, 1.807) is 11.6 Å². The number of carbonyl (C=O) groups is 1. The van der Waals surface area contributed by atoms with Crippen molar-refractivity contribution in [1.82, 2.24) is 24.4 Å². The highest BCUT2D eigenvalue weighted by Gasteiger charge is 2.18. The van der Waals surface area contributed by atoms with Gasteiger partial charge in [-0.2, -0.15) is 9.78 Å². The molecule has 1 aromatic carbocycles. The molecule has 25 heavy (non-hydrogen) atoms. The molecule has 4 aromatic rings. The number of fused-ring (bicyclic) bond motifs is 1. The molecule has 3 heterocycles. The van der Waals surface area contributed by atoms with E-state index in [1.165, 1.54) is 16.9 Å². The topological polar surface area (TPSA) is 85.6 Å². The zero-order valence-electron chi connectivity index (χ0n) is 13.8. The van der Waals surface area contributed by atoms with Crippen molar-refractivity contribution in [3.05, 3.63) is 46.1 Å². The summed E-state index contributed by atoms with van der Waals surface area (Å²) >= 11 is 2.61. The van der Waals surface area contributed by atoms with E-state index in [9.17, 15) is 4.79 Å². The molecular weight excluding hydrogens is 356 g/mol. The van der Waals surface area contributed by atoms with E-state index in [-0.39, 0.29) is 5.91 Å². The lowest BCUT2D eigenvalue weighted by Crippen LogP contribution is -2.14. The van der Waals surface area contributed by atoms with Gasteiger partial charge in [-0.05, 0) is 50.0 Å². The molecule has 126 valence electrons. The van der Waals surface area contributed by atoms with Gasteiger partial charge in [0, 0.05) is 6.07 Å². The van der Waals surface area contributed by atoms with Crippen LogP contribution < -0.4 is 5.32 Å². The number of hydrogen-bond donors (Lipinski definition) is 1. The van der Waals surface area contributed by atoms with Crippen molar-refractivity contribution in [2.24, 2.45) is 0 Å². The molecule has 3 aromatic heterocycles. The molecule has 0 aliphatic rings. The minimum absolute atomic E-state index is 0.245. The van der Waals surface area contributed by atoms with E-state index < -0.39 is 0 Å². The number of nitrogens with one attached hydrogen (secondary N) is 1. The fourth-order valence-electron chi connectivity index (χ4n) is 2.46. The number of hydrogen-bond acceptors (Lipinski definition) is 7. The smallest absolute Gasteiger partial charge is 0.270 e. The van der Waals surface area contributed by atoms with Crippen LogP contribution in [0.3, 0.4) is 0 Å². The average Bonchev–Trinajstić information content (AvgIpc) is 3.25. The number of anilines is 1. The molecule has 7 nitrogen and oxygen atoms in total. The standard InChI is InChI=1S/C16H14N6OS2/c1-8-4-5-11-12(6-8)24-16(17-11)22-13(7-9(2)20-22)18-15(23)14-10(3)19-21-25-14/h4-7H,1-3H3,(H,18,23). The Morgan fingerprint density at radius 2 is 2.04 bits per heavy atom. The normalized spacial score (nSPS) is 11.2. The largest absolute Gasteiger partial charge is 0.306 e. The number of benzene rings is 1. The van der Waals surface area contributed by atoms with Gasteiger partial charge in [0.25, 0.3) is 5.91 Å². The van der Waals surface area contributed by atoms with E-state index in [1.807, 2.05) is 32.0 Å². The van der Waals surface area contributed by atoms with Crippen molar-refractivity contribution < 1.29 is 4.79 Å². The first-order chi connectivity index (χ1) is 12.0. The van der Waals surface area contributed by atoms with Gasteiger partial charge in [0.15, 0.2) is 0 Å². The van der Waals surface area contributed by atoms with E-state index in [4.69, 9.17) is 0 Å². The van der Waals surface area contributed by atoms with Gasteiger partial charge in [-0.1, -0.05) is 21.9 Å². The molecule has 9 heteroatoms. The SMILES string of the molecule is Cc1ccc2nc(-n3nc(C)cc3NC(=O)c3snnc3C)sc2c1. The van der Waals surface area contributed by atoms with E-state index >= 15 is 0 Å². The molecule has 0 unspecified atom stereocenters. The Bertz CT molecular complexity index is 1090. The Hall–Kier alpha value is -2.65. The monoisotopic (exact) mass is 370 g/mol. The fraction of sp³-hybridized carbons (Fsp3) is 0.188. The lowest BCUT2D eigenvalue weighted by Gasteiger charge is -2.05. The molecule has 0 atom stereocenters. The van der Waals surface area contributed by atoms with Gasteiger partial charge in [-0.25, -0.2) is 4.98 Å². The highest BCUT2D eigenvalue weighted by atomic mass is 32.1. The lowest BCUT2D eigenvalue weighted by molar-refractivity contribution is 0.102. The van der Waals surface area contributed by atoms with Crippen LogP contribution in [-0.4, -0.2) is 30.3 Å². The number of thiazole rings is 1. The zero-order valence-corrected chi connectivity index (χ0v) is 15.4. The summed E-state index contributed by atoms with van der Waals surface area (Å²) in [6.45, 7) is 5.69. The summed E-state index contributed by atoms with van der Waals surface area (Å²) in [5.41, 5.74) is 3.50. The van der Waals surface area contributed by atoms with Crippen LogP contribution in [0.5, 0.6) is 0 Å². The quantitative estimate of drug-likeness (QED) is 0.596. The molecule has 4 rings (SSSR count). The number of aromatic nitrogens is 5. The lowest BCUT2D eigenvalue weighted by atomic mass is 10.2. The van der Waals surface area contributed by atoms with Crippen LogP contribution in [0.4, 0.5) is 5.82 Å². The third-order valence-electron chi connectivity index (χ3n) is 3.64. The fourth-order valence-corrected chi connectivity index (χ4v) is 4.04. The van der Waals surface area contributed by atoms with Crippen LogP contribution >= 0.6 is 22.9 Å². The Labute approximate surface area is 151 Å². The average molecular weight is 370 g/mol. The Morgan fingerprint density at radius 1 is 1.20 bits per heavy atom. The first-order valence-corrected chi connectivity index (χ1v) is 9.15. The predicted molar refractivity (Wildman–Crippen MR) is 98.8 cm³/mol. The van der Waals surface area contributed by atoms with E-state index in [0.29, 0.717) is 21.5 Å². The highest BCUT2D eigenvalue weighted by Crippen LogP contribution is 2.28. The molecule has 0 aliphatic carbocycles. The van der Waals surface area contributed by atoms with Crippen molar-refractivity contribution in [3.8, 4) is 5.13 Å². The molecule has 0 radical (unpaired) electrons. The second kappa shape index (κ2) is 6.01. The van der Waals surface area contributed by atoms with Gasteiger partial charge in [-0.3, -0.25) is 4.79 Å². The number of rotatable bonds is 3. The van der Waals surface area contributed by atoms with Gasteiger partial charge in [0.2, 0.25) is 5.13 Å². The summed E-state index contributed by atoms with van der Waals surface area (Å²) in [4.78, 5) is 17.6. The third kappa shape index (κ3) is 2.92. The molecule has 0 saturated carbocycles. The summed E-state index contributed by atoms with van der Waals surface area (Å²) in [6, 6.07) is 7.94. The second-order valence-electron chi connectivity index (χ2n) is 5.69. The molecule has 1 amide bonds. The first kappa shape index (κ1) is 15.9. The summed E-state index contributed by atoms with van der Waals surface area (Å²) in [5, 5.41) is 12.0. The summed E-state index contributed by atoms with van der Waals surface area (Å²) in [5.74, 6) is 0.330. The molecular formula is C16H14N6OS2. The molecule has 1 N–H and O–H groups in total. The predicted octanol–water partition coefficient (Wildman–Crippen LogP) is 3.51. The summed E-state index contributed by atoms with van der Waals surface area (Å²) in [7, 11) is 0. The maximum Gasteiger partial charge on any atom is 0.270 e. The second-order valence-corrected chi connectivity index (χ2v) is 7.46. The van der Waals surface area contributed by atoms with Crippen LogP contribution in [0.2, 0.25) is 0 Å². The highest BCUT2D eigenvalue weighted by molar-refractivity contribution is 7.20. The van der Waals surface area contributed by atoms with Crippen molar-refractivity contribution in [2.45, 2.75) is 20.8 Å². The maximum atomic E-state index is 12.5. The van der Waals surface area contributed by atoms with Gasteiger partial charge < -0.3 is 5.32 Å². The molecule has 0 spiro atoms. The van der Waals surface area contributed by atoms with Crippen molar-refractivity contribution in [2.75, 3.05) is 5.32 Å². The van der Waals surface area contributed by atoms with Gasteiger partial charge in [-0.15, -0.1) is 5.10 Å². The van der Waals surface area contributed by atoms with Crippen LogP contribution in [0, 0.1) is 20.8 Å². The van der Waals surface area contributed by atoms with Crippen LogP contribution in [-0.2, 0) is 0 Å². The zero-order chi connectivity index (χ0) is 17.6. The van der Waals surface area contributed by atoms with Crippen LogP contribution in [0.1, 0.15) is 26.6 Å². The third-order valence-corrected chi connectivity index (χ3v) is 5.47. The van der Waals surface area contributed by atoms with Crippen molar-refractivity contribution >= 4 is 44.8 Å². The Balaban J connectivity index is 1.73. The van der Waals surface area contributed by atoms with Gasteiger partial charge in [0.05, 0.1) is 21.6 Å². The van der Waals surface area contributed by atoms with Gasteiger partial charge in [0.1, 0.15) is 10.7 Å². The molecule has 0 bridgehead atoms. The molecule has 0 saturated heterocycles. The number of amides is 1. The minimum Gasteiger partial charge on any atom is -0.306 e. The Morgan fingerprint density at radius 3 is 2.80 bits per heavy atom. The molecule has 0 aliphatic heterocycles. The number of aryl methyl sites for hydroxylation is 3. The van der Waals surface area contributed by atoms with Crippen LogP contribution in [0.15, 0.2) is 24.3 Å². The van der Waals surface area contributed by atoms with E-state index in [2.05, 4.69) is 31.1 Å². The van der Waals surface area contributed by atoms with Gasteiger partial charge >= 0.3 is 0 Å². The first-order valence-electron chi connectivity index (χ1n) is 7.56. The maximum absolute atomic E-state index is 12.5. The molecule has 0 fully saturated rings. The Kier molecular flexibility index (Phi) is 3.81.